The van der Waals surface area contributed by atoms with Crippen LogP contribution in [-0.2, 0) is 4.79 Å². The lowest BCUT2D eigenvalue weighted by Crippen LogP contribution is -2.09. The summed E-state index contributed by atoms with van der Waals surface area (Å²) in [5.74, 6) is -0.192. The minimum atomic E-state index is -0.173. The van der Waals surface area contributed by atoms with Gasteiger partial charge in [-0.15, -0.1) is 0 Å². The number of aromatic nitrogens is 1. The summed E-state index contributed by atoms with van der Waals surface area (Å²) in [5.41, 5.74) is 2.04. The molecule has 14 heavy (non-hydrogen) atoms. The van der Waals surface area contributed by atoms with E-state index < -0.39 is 0 Å². The van der Waals surface area contributed by atoms with Gasteiger partial charge in [-0.1, -0.05) is 0 Å². The summed E-state index contributed by atoms with van der Waals surface area (Å²) >= 11 is 0. The van der Waals surface area contributed by atoms with Gasteiger partial charge in [-0.3, -0.25) is 9.59 Å². The molecule has 0 aliphatic carbocycles. The Hall–Kier alpha value is -1.62. The number of H-pyrrole nitrogens is 1. The minimum absolute atomic E-state index is 0.0197. The van der Waals surface area contributed by atoms with Gasteiger partial charge in [-0.25, -0.2) is 0 Å². The van der Waals surface area contributed by atoms with E-state index in [1.54, 1.807) is 13.0 Å². The molecule has 2 heterocycles. The lowest BCUT2D eigenvalue weighted by molar-refractivity contribution is -0.116. The topological polar surface area (TPSA) is 82.2 Å². The fraction of sp³-hybridized carbons (Fsp3) is 0.333. The third-order valence-electron chi connectivity index (χ3n) is 2.08. The highest BCUT2D eigenvalue weighted by Gasteiger charge is 2.28. The van der Waals surface area contributed by atoms with Gasteiger partial charge in [-0.2, -0.15) is 0 Å². The summed E-state index contributed by atoms with van der Waals surface area (Å²) in [6.45, 7) is 1.80. The molecule has 1 aromatic heterocycles. The summed E-state index contributed by atoms with van der Waals surface area (Å²) in [6, 6.07) is 1.64. The van der Waals surface area contributed by atoms with Crippen molar-refractivity contribution < 1.29 is 14.7 Å². The summed E-state index contributed by atoms with van der Waals surface area (Å²) in [4.78, 5) is 24.3. The van der Waals surface area contributed by atoms with Crippen molar-refractivity contribution in [3.05, 3.63) is 17.5 Å². The highest BCUT2D eigenvalue weighted by Crippen LogP contribution is 2.31. The van der Waals surface area contributed by atoms with Crippen LogP contribution in [0.1, 0.15) is 29.0 Å². The highest BCUT2D eigenvalue weighted by molar-refractivity contribution is 6.03. The Morgan fingerprint density at radius 2 is 2.14 bits per heavy atom. The van der Waals surface area contributed by atoms with Crippen molar-refractivity contribution in [3.8, 4) is 0 Å². The monoisotopic (exact) mass is 196 g/mol. The number of fused-ring (bicyclic) bond motifs is 1. The number of carbonyl (C=O) groups excluding carboxylic acids is 2. The molecule has 2 rings (SSSR count). The molecule has 1 aliphatic rings. The van der Waals surface area contributed by atoms with E-state index in [0.29, 0.717) is 5.69 Å². The molecule has 1 aromatic rings. The van der Waals surface area contributed by atoms with Crippen molar-refractivity contribution in [1.82, 2.24) is 4.98 Å². The molecule has 0 radical (unpaired) electrons. The van der Waals surface area contributed by atoms with Crippen LogP contribution < -0.4 is 5.32 Å². The summed E-state index contributed by atoms with van der Waals surface area (Å²) < 4.78 is 0. The van der Waals surface area contributed by atoms with Crippen LogP contribution in [0.15, 0.2) is 6.07 Å². The van der Waals surface area contributed by atoms with Crippen molar-refractivity contribution in [1.29, 1.82) is 0 Å². The number of hydrogen-bond acceptors (Lipinski definition) is 3. The second-order valence-electron chi connectivity index (χ2n) is 2.88. The van der Waals surface area contributed by atoms with E-state index in [1.165, 1.54) is 0 Å². The zero-order chi connectivity index (χ0) is 10.7. The van der Waals surface area contributed by atoms with Crippen LogP contribution in [0.5, 0.6) is 0 Å². The fourth-order valence-electron chi connectivity index (χ4n) is 1.37. The molecular weight excluding hydrogens is 184 g/mol. The number of carbonyl (C=O) groups is 2. The molecule has 5 nitrogen and oxygen atoms in total. The third-order valence-corrected chi connectivity index (χ3v) is 2.08. The average molecular weight is 196 g/mol. The summed E-state index contributed by atoms with van der Waals surface area (Å²) in [6.07, 6.45) is 0.733. The minimum Gasteiger partial charge on any atom is -0.400 e. The first-order chi connectivity index (χ1) is 6.72. The predicted octanol–water partition coefficient (Wildman–Crippen LogP) is 0.491. The number of hydrogen-bond donors (Lipinski definition) is 3. The standard InChI is InChI=1S/C8H8N2O2.CH4O/c1-4-7-6(10-8(4)12)2-5(3-11)9-7;1-2/h2-4,9H,1H3,(H,10,12);2H,1H3/t4-;/m0./s1. The second-order valence-corrected chi connectivity index (χ2v) is 2.88. The van der Waals surface area contributed by atoms with Gasteiger partial charge >= 0.3 is 0 Å². The van der Waals surface area contributed by atoms with Crippen LogP contribution >= 0.6 is 0 Å². The predicted molar refractivity (Wildman–Crippen MR) is 51.4 cm³/mol. The molecule has 1 aliphatic heterocycles. The van der Waals surface area contributed by atoms with Gasteiger partial charge in [0.25, 0.3) is 0 Å². The number of nitrogens with one attached hydrogen (secondary N) is 2. The maximum atomic E-state index is 11.1. The Labute approximate surface area is 81.1 Å². The SMILES string of the molecule is CO.C[C@@H]1C(=O)Nc2cc(C=O)[nH]c21. The molecule has 0 bridgehead atoms. The first-order valence-corrected chi connectivity index (χ1v) is 4.16. The van der Waals surface area contributed by atoms with Crippen molar-refractivity contribution in [2.75, 3.05) is 12.4 Å². The zero-order valence-electron chi connectivity index (χ0n) is 8.00. The van der Waals surface area contributed by atoms with Crippen molar-refractivity contribution in [2.24, 2.45) is 0 Å². The lowest BCUT2D eigenvalue weighted by Gasteiger charge is -1.96. The molecule has 3 N–H and O–H groups in total. The number of aliphatic hydroxyl groups is 1. The van der Waals surface area contributed by atoms with E-state index in [2.05, 4.69) is 10.3 Å². The quantitative estimate of drug-likeness (QED) is 0.572. The molecule has 1 amide bonds. The van der Waals surface area contributed by atoms with Crippen LogP contribution in [0, 0.1) is 0 Å². The molecular formula is C9H12N2O3. The highest BCUT2D eigenvalue weighted by atomic mass is 16.2. The maximum Gasteiger partial charge on any atom is 0.233 e. The number of aldehydes is 1. The molecule has 1 atom stereocenters. The molecule has 0 fully saturated rings. The van der Waals surface area contributed by atoms with Gasteiger partial charge in [0, 0.05) is 7.11 Å². The fourth-order valence-corrected chi connectivity index (χ4v) is 1.37. The first-order valence-electron chi connectivity index (χ1n) is 4.16. The Bertz CT molecular complexity index is 357. The van der Waals surface area contributed by atoms with Gasteiger partial charge in [0.15, 0.2) is 6.29 Å². The van der Waals surface area contributed by atoms with E-state index in [1.807, 2.05) is 0 Å². The van der Waals surface area contributed by atoms with Gasteiger partial charge in [0.2, 0.25) is 5.91 Å². The first kappa shape index (κ1) is 10.5. The van der Waals surface area contributed by atoms with Crippen LogP contribution in [0.3, 0.4) is 0 Å². The van der Waals surface area contributed by atoms with E-state index >= 15 is 0 Å². The molecule has 0 saturated carbocycles. The van der Waals surface area contributed by atoms with Crippen LogP contribution in [0.2, 0.25) is 0 Å². The largest absolute Gasteiger partial charge is 0.400 e. The maximum absolute atomic E-state index is 11.1. The second kappa shape index (κ2) is 4.06. The Morgan fingerprint density at radius 1 is 1.50 bits per heavy atom. The van der Waals surface area contributed by atoms with Gasteiger partial charge < -0.3 is 15.4 Å². The average Bonchev–Trinajstić information content (AvgIpc) is 2.72. The number of aliphatic hydroxyl groups excluding tert-OH is 1. The number of rotatable bonds is 1. The Balaban J connectivity index is 0.000000461. The van der Waals surface area contributed by atoms with Crippen LogP contribution in [0.25, 0.3) is 0 Å². The van der Waals surface area contributed by atoms with Gasteiger partial charge in [0.05, 0.1) is 23.0 Å². The van der Waals surface area contributed by atoms with E-state index in [4.69, 9.17) is 5.11 Å². The zero-order valence-corrected chi connectivity index (χ0v) is 8.00. The van der Waals surface area contributed by atoms with Crippen molar-refractivity contribution in [3.63, 3.8) is 0 Å². The molecule has 0 aromatic carbocycles. The Kier molecular flexibility index (Phi) is 3.03. The van der Waals surface area contributed by atoms with Gasteiger partial charge in [0.1, 0.15) is 0 Å². The van der Waals surface area contributed by atoms with Crippen LogP contribution in [-0.4, -0.2) is 29.4 Å². The number of anilines is 1. The van der Waals surface area contributed by atoms with E-state index in [-0.39, 0.29) is 11.8 Å². The molecule has 0 saturated heterocycles. The molecule has 0 unspecified atom stereocenters. The number of amides is 1. The molecule has 5 heteroatoms. The normalized spacial score (nSPS) is 17.9. The summed E-state index contributed by atoms with van der Waals surface area (Å²) in [7, 11) is 1.00. The number of aromatic amines is 1. The van der Waals surface area contributed by atoms with Crippen molar-refractivity contribution >= 4 is 17.9 Å². The third kappa shape index (κ3) is 1.54. The lowest BCUT2D eigenvalue weighted by atomic mass is 10.1. The van der Waals surface area contributed by atoms with E-state index in [0.717, 1.165) is 24.8 Å². The van der Waals surface area contributed by atoms with Crippen LogP contribution in [0.4, 0.5) is 5.69 Å². The van der Waals surface area contributed by atoms with Gasteiger partial charge in [-0.05, 0) is 13.0 Å². The molecule has 0 spiro atoms. The van der Waals surface area contributed by atoms with Crippen molar-refractivity contribution in [2.45, 2.75) is 12.8 Å². The smallest absolute Gasteiger partial charge is 0.233 e. The van der Waals surface area contributed by atoms with E-state index in [9.17, 15) is 9.59 Å². The summed E-state index contributed by atoms with van der Waals surface area (Å²) in [5, 5.41) is 9.67. The molecule has 76 valence electrons. The Morgan fingerprint density at radius 3 is 2.64 bits per heavy atom.